The van der Waals surface area contributed by atoms with Gasteiger partial charge in [-0.05, 0) is 43.3 Å². The van der Waals surface area contributed by atoms with Crippen LogP contribution >= 0.6 is 11.6 Å². The molecular weight excluding hydrogens is 334 g/mol. The zero-order valence-corrected chi connectivity index (χ0v) is 14.4. The fourth-order valence-corrected chi connectivity index (χ4v) is 2.49. The monoisotopic (exact) mass is 349 g/mol. The topological polar surface area (TPSA) is 46.9 Å². The average molecular weight is 350 g/mol. The second-order valence-electron chi connectivity index (χ2n) is 5.38. The minimum Gasteiger partial charge on any atom is -0.341 e. The van der Waals surface area contributed by atoms with Crippen molar-refractivity contribution >= 4 is 17.5 Å². The summed E-state index contributed by atoms with van der Waals surface area (Å²) in [5.74, 6) is 5.75. The number of carbonyl (C=O) groups excluding carboxylic acids is 1. The van der Waals surface area contributed by atoms with Crippen molar-refractivity contribution in [2.24, 2.45) is 0 Å². The molecule has 1 heterocycles. The van der Waals surface area contributed by atoms with E-state index in [0.717, 1.165) is 16.9 Å². The molecule has 0 saturated heterocycles. The third-order valence-electron chi connectivity index (χ3n) is 3.67. The zero-order valence-electron chi connectivity index (χ0n) is 13.7. The van der Waals surface area contributed by atoms with Crippen LogP contribution in [0.4, 0.5) is 0 Å². The Kier molecular flexibility index (Phi) is 5.17. The number of amides is 1. The lowest BCUT2D eigenvalue weighted by atomic mass is 10.2. The number of hydrogen-bond acceptors (Lipinski definition) is 2. The van der Waals surface area contributed by atoms with E-state index >= 15 is 0 Å². The van der Waals surface area contributed by atoms with Crippen LogP contribution < -0.4 is 5.32 Å². The summed E-state index contributed by atoms with van der Waals surface area (Å²) >= 11 is 5.90. The Morgan fingerprint density at radius 2 is 1.88 bits per heavy atom. The SMILES string of the molecule is Cc1c(C(=O)NCC#Cc2ccccc2)cnn1-c1ccc(Cl)cc1. The van der Waals surface area contributed by atoms with Gasteiger partial charge in [0.15, 0.2) is 0 Å². The van der Waals surface area contributed by atoms with Gasteiger partial charge in [-0.25, -0.2) is 4.68 Å². The van der Waals surface area contributed by atoms with Crippen LogP contribution in [0.5, 0.6) is 0 Å². The van der Waals surface area contributed by atoms with Crippen LogP contribution in [0.15, 0.2) is 60.8 Å². The summed E-state index contributed by atoms with van der Waals surface area (Å²) in [7, 11) is 0. The Labute approximate surface area is 151 Å². The number of halogens is 1. The minimum absolute atomic E-state index is 0.194. The predicted molar refractivity (Wildman–Crippen MR) is 99.0 cm³/mol. The summed E-state index contributed by atoms with van der Waals surface area (Å²) in [6.45, 7) is 2.13. The molecule has 0 unspecified atom stereocenters. The largest absolute Gasteiger partial charge is 0.341 e. The number of carbonyl (C=O) groups is 1. The van der Waals surface area contributed by atoms with E-state index in [1.54, 1.807) is 23.0 Å². The second kappa shape index (κ2) is 7.69. The average Bonchev–Trinajstić information content (AvgIpc) is 3.02. The zero-order chi connectivity index (χ0) is 17.6. The second-order valence-corrected chi connectivity index (χ2v) is 5.82. The van der Waals surface area contributed by atoms with E-state index in [4.69, 9.17) is 11.6 Å². The first-order valence-electron chi connectivity index (χ1n) is 7.78. The first kappa shape index (κ1) is 16.8. The first-order valence-corrected chi connectivity index (χ1v) is 8.15. The summed E-state index contributed by atoms with van der Waals surface area (Å²) in [6, 6.07) is 16.9. The lowest BCUT2D eigenvalue weighted by Crippen LogP contribution is -2.24. The van der Waals surface area contributed by atoms with Crippen molar-refractivity contribution < 1.29 is 4.79 Å². The maximum absolute atomic E-state index is 12.3. The highest BCUT2D eigenvalue weighted by molar-refractivity contribution is 6.30. The molecule has 0 aliphatic rings. The molecule has 0 bridgehead atoms. The Balaban J connectivity index is 1.67. The van der Waals surface area contributed by atoms with Crippen molar-refractivity contribution in [3.63, 3.8) is 0 Å². The highest BCUT2D eigenvalue weighted by atomic mass is 35.5. The van der Waals surface area contributed by atoms with Gasteiger partial charge in [0.05, 0.1) is 29.7 Å². The van der Waals surface area contributed by atoms with Crippen molar-refractivity contribution in [2.45, 2.75) is 6.92 Å². The fraction of sp³-hybridized carbons (Fsp3) is 0.100. The molecule has 0 aliphatic carbocycles. The van der Waals surface area contributed by atoms with Gasteiger partial charge in [-0.2, -0.15) is 5.10 Å². The molecule has 124 valence electrons. The molecule has 0 spiro atoms. The van der Waals surface area contributed by atoms with Crippen LogP contribution in [0, 0.1) is 18.8 Å². The predicted octanol–water partition coefficient (Wildman–Crippen LogP) is 3.62. The maximum Gasteiger partial charge on any atom is 0.255 e. The molecule has 0 aliphatic heterocycles. The molecule has 25 heavy (non-hydrogen) atoms. The molecule has 1 N–H and O–H groups in total. The molecule has 0 atom stereocenters. The fourth-order valence-electron chi connectivity index (χ4n) is 2.36. The smallest absolute Gasteiger partial charge is 0.255 e. The molecule has 0 saturated carbocycles. The van der Waals surface area contributed by atoms with Gasteiger partial charge >= 0.3 is 0 Å². The lowest BCUT2D eigenvalue weighted by molar-refractivity contribution is 0.0958. The van der Waals surface area contributed by atoms with Gasteiger partial charge in [0.2, 0.25) is 0 Å². The molecule has 0 radical (unpaired) electrons. The third-order valence-corrected chi connectivity index (χ3v) is 3.92. The maximum atomic E-state index is 12.3. The van der Waals surface area contributed by atoms with Crippen LogP contribution in [-0.4, -0.2) is 22.2 Å². The van der Waals surface area contributed by atoms with Gasteiger partial charge in [0.25, 0.3) is 5.91 Å². The standard InChI is InChI=1S/C20H16ClN3O/c1-15-19(14-23-24(15)18-11-9-17(21)10-12-18)20(25)22-13-5-8-16-6-3-2-4-7-16/h2-4,6-7,9-12,14H,13H2,1H3,(H,22,25). The number of nitrogens with zero attached hydrogens (tertiary/aromatic N) is 2. The minimum atomic E-state index is -0.194. The van der Waals surface area contributed by atoms with Crippen molar-refractivity contribution in [1.82, 2.24) is 15.1 Å². The Hall–Kier alpha value is -3.03. The van der Waals surface area contributed by atoms with Gasteiger partial charge in [-0.15, -0.1) is 0 Å². The number of aromatic nitrogens is 2. The molecule has 3 rings (SSSR count). The van der Waals surface area contributed by atoms with Crippen LogP contribution in [0.3, 0.4) is 0 Å². The molecule has 3 aromatic rings. The van der Waals surface area contributed by atoms with Gasteiger partial charge in [-0.1, -0.05) is 41.6 Å². The first-order chi connectivity index (χ1) is 12.1. The van der Waals surface area contributed by atoms with E-state index in [0.29, 0.717) is 10.6 Å². The van der Waals surface area contributed by atoms with Crippen molar-refractivity contribution in [3.8, 4) is 17.5 Å². The molecule has 1 aromatic heterocycles. The van der Waals surface area contributed by atoms with E-state index in [2.05, 4.69) is 22.3 Å². The summed E-state index contributed by atoms with van der Waals surface area (Å²) in [5, 5.41) is 7.74. The van der Waals surface area contributed by atoms with E-state index in [1.807, 2.05) is 49.4 Å². The van der Waals surface area contributed by atoms with Gasteiger partial charge in [0, 0.05) is 10.6 Å². The Morgan fingerprint density at radius 1 is 1.16 bits per heavy atom. The third kappa shape index (κ3) is 4.09. The number of hydrogen-bond donors (Lipinski definition) is 1. The number of rotatable bonds is 3. The summed E-state index contributed by atoms with van der Waals surface area (Å²) in [5.41, 5.74) is 3.06. The van der Waals surface area contributed by atoms with Gasteiger partial charge in [0.1, 0.15) is 0 Å². The van der Waals surface area contributed by atoms with Crippen LogP contribution in [0.25, 0.3) is 5.69 Å². The Morgan fingerprint density at radius 3 is 2.60 bits per heavy atom. The van der Waals surface area contributed by atoms with E-state index in [1.165, 1.54) is 0 Å². The molecule has 4 nitrogen and oxygen atoms in total. The Bertz CT molecular complexity index is 935. The molecule has 1 amide bonds. The number of benzene rings is 2. The van der Waals surface area contributed by atoms with Crippen molar-refractivity contribution in [1.29, 1.82) is 0 Å². The van der Waals surface area contributed by atoms with Gasteiger partial charge < -0.3 is 5.32 Å². The highest BCUT2D eigenvalue weighted by Gasteiger charge is 2.14. The summed E-state index contributed by atoms with van der Waals surface area (Å²) in [4.78, 5) is 12.3. The van der Waals surface area contributed by atoms with Gasteiger partial charge in [-0.3, -0.25) is 4.79 Å². The summed E-state index contributed by atoms with van der Waals surface area (Å²) in [6.07, 6.45) is 1.56. The normalized spacial score (nSPS) is 10.0. The highest BCUT2D eigenvalue weighted by Crippen LogP contribution is 2.16. The molecular formula is C20H16ClN3O. The van der Waals surface area contributed by atoms with Crippen molar-refractivity contribution in [3.05, 3.63) is 82.6 Å². The van der Waals surface area contributed by atoms with E-state index in [-0.39, 0.29) is 12.5 Å². The quantitative estimate of drug-likeness (QED) is 0.734. The molecule has 5 heteroatoms. The van der Waals surface area contributed by atoms with Crippen molar-refractivity contribution in [2.75, 3.05) is 6.54 Å². The molecule has 2 aromatic carbocycles. The lowest BCUT2D eigenvalue weighted by Gasteiger charge is -2.05. The van der Waals surface area contributed by atoms with E-state index in [9.17, 15) is 4.79 Å². The van der Waals surface area contributed by atoms with Crippen LogP contribution in [0.1, 0.15) is 21.6 Å². The van der Waals surface area contributed by atoms with Crippen LogP contribution in [-0.2, 0) is 0 Å². The van der Waals surface area contributed by atoms with Crippen LogP contribution in [0.2, 0.25) is 5.02 Å². The van der Waals surface area contributed by atoms with E-state index < -0.39 is 0 Å². The molecule has 0 fully saturated rings. The summed E-state index contributed by atoms with van der Waals surface area (Å²) < 4.78 is 1.71. The number of nitrogens with one attached hydrogen (secondary N) is 1.